The largest absolute Gasteiger partial charge is 0.457 e. The van der Waals surface area contributed by atoms with E-state index in [-0.39, 0.29) is 12.6 Å². The van der Waals surface area contributed by atoms with E-state index in [0.29, 0.717) is 17.3 Å². The third-order valence-corrected chi connectivity index (χ3v) is 4.83. The van der Waals surface area contributed by atoms with Crippen molar-refractivity contribution in [3.8, 4) is 11.5 Å². The maximum atomic E-state index is 12.3. The Balaban J connectivity index is 1.46. The summed E-state index contributed by atoms with van der Waals surface area (Å²) in [6.45, 7) is 2.01. The second kappa shape index (κ2) is 6.49. The van der Waals surface area contributed by atoms with E-state index in [2.05, 4.69) is 16.2 Å². The number of rotatable bonds is 4. The number of hydrogen-bond acceptors (Lipinski definition) is 6. The summed E-state index contributed by atoms with van der Waals surface area (Å²) >= 11 is 1.65. The topological polar surface area (TPSA) is 65.2 Å². The molecule has 5 nitrogen and oxygen atoms in total. The van der Waals surface area contributed by atoms with Crippen LogP contribution in [0.2, 0.25) is 0 Å². The normalized spacial score (nSPS) is 10.9. The molecule has 0 bridgehead atoms. The van der Waals surface area contributed by atoms with Gasteiger partial charge < -0.3 is 9.26 Å². The summed E-state index contributed by atoms with van der Waals surface area (Å²) in [6, 6.07) is 15.0. The van der Waals surface area contributed by atoms with Gasteiger partial charge in [-0.3, -0.25) is 0 Å². The van der Waals surface area contributed by atoms with Crippen molar-refractivity contribution in [1.82, 2.24) is 10.1 Å². The van der Waals surface area contributed by atoms with Gasteiger partial charge in [-0.1, -0.05) is 23.4 Å². The average molecular weight is 350 g/mol. The van der Waals surface area contributed by atoms with Crippen LogP contribution in [-0.2, 0) is 11.3 Å². The number of thiophene rings is 1. The van der Waals surface area contributed by atoms with Gasteiger partial charge in [-0.05, 0) is 48.0 Å². The minimum absolute atomic E-state index is 0.257. The Morgan fingerprint density at radius 2 is 1.96 bits per heavy atom. The first-order chi connectivity index (χ1) is 12.2. The summed E-state index contributed by atoms with van der Waals surface area (Å²) in [6.07, 6.45) is 0. The van der Waals surface area contributed by atoms with Crippen molar-refractivity contribution in [3.05, 3.63) is 70.9 Å². The molecule has 0 N–H and O–H groups in total. The van der Waals surface area contributed by atoms with Gasteiger partial charge in [0.15, 0.2) is 5.82 Å². The van der Waals surface area contributed by atoms with Gasteiger partial charge in [0.05, 0.1) is 5.56 Å². The van der Waals surface area contributed by atoms with Crippen LogP contribution >= 0.6 is 11.3 Å². The van der Waals surface area contributed by atoms with E-state index in [1.165, 1.54) is 4.70 Å². The fraction of sp³-hybridized carbons (Fsp3) is 0.105. The quantitative estimate of drug-likeness (QED) is 0.503. The Hall–Kier alpha value is -2.99. The summed E-state index contributed by atoms with van der Waals surface area (Å²) in [5.74, 6) is 0.646. The van der Waals surface area contributed by atoms with E-state index in [4.69, 9.17) is 9.26 Å². The molecule has 124 valence electrons. The SMILES string of the molecule is Cc1noc(-c2ccc(C(=O)OCc3csc4ccccc34)cc2)n1. The minimum Gasteiger partial charge on any atom is -0.457 e. The van der Waals surface area contributed by atoms with Crippen molar-refractivity contribution >= 4 is 27.4 Å². The number of aryl methyl sites for hydroxylation is 1. The molecule has 0 radical (unpaired) electrons. The Bertz CT molecular complexity index is 1030. The number of carbonyl (C=O) groups excluding carboxylic acids is 1. The number of esters is 1. The van der Waals surface area contributed by atoms with Crippen LogP contribution in [0.15, 0.2) is 58.4 Å². The number of carbonyl (C=O) groups is 1. The van der Waals surface area contributed by atoms with Crippen molar-refractivity contribution in [2.24, 2.45) is 0 Å². The highest BCUT2D eigenvalue weighted by molar-refractivity contribution is 7.17. The van der Waals surface area contributed by atoms with E-state index in [1.54, 1.807) is 42.5 Å². The van der Waals surface area contributed by atoms with Crippen molar-refractivity contribution in [2.45, 2.75) is 13.5 Å². The van der Waals surface area contributed by atoms with Gasteiger partial charge >= 0.3 is 5.97 Å². The summed E-state index contributed by atoms with van der Waals surface area (Å²) in [5, 5.41) is 6.91. The van der Waals surface area contributed by atoms with E-state index >= 15 is 0 Å². The fourth-order valence-electron chi connectivity index (χ4n) is 2.53. The molecule has 0 unspecified atom stereocenters. The number of nitrogens with zero attached hydrogens (tertiary/aromatic N) is 2. The van der Waals surface area contributed by atoms with Gasteiger partial charge in [-0.2, -0.15) is 4.98 Å². The Morgan fingerprint density at radius 1 is 1.16 bits per heavy atom. The molecule has 0 spiro atoms. The van der Waals surface area contributed by atoms with Crippen molar-refractivity contribution in [3.63, 3.8) is 0 Å². The van der Waals surface area contributed by atoms with Crippen LogP contribution in [0.3, 0.4) is 0 Å². The summed E-state index contributed by atoms with van der Waals surface area (Å²) in [5.41, 5.74) is 2.27. The lowest BCUT2D eigenvalue weighted by molar-refractivity contribution is 0.0475. The zero-order chi connectivity index (χ0) is 17.2. The van der Waals surface area contributed by atoms with Crippen LogP contribution < -0.4 is 0 Å². The van der Waals surface area contributed by atoms with Crippen LogP contribution in [-0.4, -0.2) is 16.1 Å². The average Bonchev–Trinajstić information content (AvgIpc) is 3.26. The predicted octanol–water partition coefficient (Wildman–Crippen LogP) is 4.62. The van der Waals surface area contributed by atoms with Crippen molar-refractivity contribution in [1.29, 1.82) is 0 Å². The van der Waals surface area contributed by atoms with E-state index in [1.807, 2.05) is 23.6 Å². The molecule has 2 heterocycles. The third-order valence-electron chi connectivity index (χ3n) is 3.82. The lowest BCUT2D eigenvalue weighted by atomic mass is 10.1. The number of fused-ring (bicyclic) bond motifs is 1. The Morgan fingerprint density at radius 3 is 2.72 bits per heavy atom. The highest BCUT2D eigenvalue weighted by Crippen LogP contribution is 2.26. The Labute approximate surface area is 147 Å². The molecule has 4 rings (SSSR count). The van der Waals surface area contributed by atoms with Crippen LogP contribution in [0.25, 0.3) is 21.5 Å². The number of benzene rings is 2. The van der Waals surface area contributed by atoms with Gasteiger partial charge in [-0.15, -0.1) is 11.3 Å². The van der Waals surface area contributed by atoms with E-state index in [0.717, 1.165) is 16.5 Å². The lowest BCUT2D eigenvalue weighted by Crippen LogP contribution is -2.04. The van der Waals surface area contributed by atoms with E-state index in [9.17, 15) is 4.79 Å². The maximum Gasteiger partial charge on any atom is 0.338 e. The van der Waals surface area contributed by atoms with Crippen LogP contribution in [0.1, 0.15) is 21.7 Å². The summed E-state index contributed by atoms with van der Waals surface area (Å²) in [7, 11) is 0. The number of ether oxygens (including phenoxy) is 1. The summed E-state index contributed by atoms with van der Waals surface area (Å²) in [4.78, 5) is 16.4. The zero-order valence-electron chi connectivity index (χ0n) is 13.4. The first kappa shape index (κ1) is 15.5. The molecular formula is C19H14N2O3S. The van der Waals surface area contributed by atoms with Crippen LogP contribution in [0.4, 0.5) is 0 Å². The second-order valence-electron chi connectivity index (χ2n) is 5.56. The van der Waals surface area contributed by atoms with Crippen LogP contribution in [0, 0.1) is 6.92 Å². The maximum absolute atomic E-state index is 12.3. The Kier molecular flexibility index (Phi) is 4.03. The molecule has 0 aliphatic heterocycles. The van der Waals surface area contributed by atoms with Gasteiger partial charge in [-0.25, -0.2) is 4.79 Å². The molecule has 6 heteroatoms. The second-order valence-corrected chi connectivity index (χ2v) is 6.47. The number of hydrogen-bond donors (Lipinski definition) is 0. The first-order valence-corrected chi connectivity index (χ1v) is 8.61. The van der Waals surface area contributed by atoms with Gasteiger partial charge in [0.25, 0.3) is 5.89 Å². The highest BCUT2D eigenvalue weighted by atomic mass is 32.1. The molecule has 0 saturated heterocycles. The molecule has 0 atom stereocenters. The van der Waals surface area contributed by atoms with E-state index < -0.39 is 0 Å². The molecule has 0 amide bonds. The molecule has 25 heavy (non-hydrogen) atoms. The fourth-order valence-corrected chi connectivity index (χ4v) is 3.48. The molecule has 0 fully saturated rings. The monoisotopic (exact) mass is 350 g/mol. The van der Waals surface area contributed by atoms with Crippen LogP contribution in [0.5, 0.6) is 0 Å². The molecule has 0 aliphatic carbocycles. The molecule has 4 aromatic rings. The molecule has 0 aliphatic rings. The predicted molar refractivity (Wildman–Crippen MR) is 95.4 cm³/mol. The standard InChI is InChI=1S/C19H14N2O3S/c1-12-20-18(24-21-12)13-6-8-14(9-7-13)19(22)23-10-15-11-25-17-5-3-2-4-16(15)17/h2-9,11H,10H2,1H3. The van der Waals surface area contributed by atoms with Gasteiger partial charge in [0.1, 0.15) is 6.61 Å². The van der Waals surface area contributed by atoms with Crippen molar-refractivity contribution < 1.29 is 14.1 Å². The highest BCUT2D eigenvalue weighted by Gasteiger charge is 2.12. The molecule has 2 aromatic carbocycles. The first-order valence-electron chi connectivity index (χ1n) is 7.74. The smallest absolute Gasteiger partial charge is 0.338 e. The van der Waals surface area contributed by atoms with Crippen molar-refractivity contribution in [2.75, 3.05) is 0 Å². The molecule has 2 aromatic heterocycles. The zero-order valence-corrected chi connectivity index (χ0v) is 14.2. The minimum atomic E-state index is -0.358. The summed E-state index contributed by atoms with van der Waals surface area (Å²) < 4.78 is 11.7. The number of aromatic nitrogens is 2. The van der Waals surface area contributed by atoms with Gasteiger partial charge in [0.2, 0.25) is 0 Å². The molecular weight excluding hydrogens is 336 g/mol. The lowest BCUT2D eigenvalue weighted by Gasteiger charge is -2.05. The van der Waals surface area contributed by atoms with Gasteiger partial charge in [0, 0.05) is 15.8 Å². The molecule has 0 saturated carbocycles. The third kappa shape index (κ3) is 3.16.